The highest BCUT2D eigenvalue weighted by Gasteiger charge is 2.24. The molecule has 126 valence electrons. The fourth-order valence-electron chi connectivity index (χ4n) is 4.29. The molecule has 0 radical (unpaired) electrons. The van der Waals surface area contributed by atoms with Gasteiger partial charge in [0.1, 0.15) is 17.8 Å². The zero-order valence-corrected chi connectivity index (χ0v) is 14.4. The van der Waals surface area contributed by atoms with Gasteiger partial charge in [0, 0.05) is 6.20 Å². The van der Waals surface area contributed by atoms with Crippen molar-refractivity contribution < 1.29 is 0 Å². The molecule has 2 aromatic heterocycles. The monoisotopic (exact) mass is 330 g/mol. The lowest BCUT2D eigenvalue weighted by Gasteiger charge is -2.16. The van der Waals surface area contributed by atoms with E-state index >= 15 is 0 Å². The van der Waals surface area contributed by atoms with E-state index in [0.717, 1.165) is 36.1 Å². The summed E-state index contributed by atoms with van der Waals surface area (Å²) in [5.41, 5.74) is 3.88. The van der Waals surface area contributed by atoms with Crippen LogP contribution in [0, 0.1) is 5.92 Å². The number of hydrogen-bond donors (Lipinski definition) is 1. The molecule has 4 nitrogen and oxygen atoms in total. The second kappa shape index (κ2) is 5.73. The summed E-state index contributed by atoms with van der Waals surface area (Å²) in [4.78, 5) is 9.11. The van der Waals surface area contributed by atoms with Gasteiger partial charge in [0.25, 0.3) is 0 Å². The first-order chi connectivity index (χ1) is 12.3. The van der Waals surface area contributed by atoms with Crippen LogP contribution in [0.2, 0.25) is 0 Å². The van der Waals surface area contributed by atoms with E-state index in [1.165, 1.54) is 11.1 Å². The molecule has 4 heteroatoms. The minimum atomic E-state index is 0.337. The Labute approximate surface area is 147 Å². The molecule has 0 unspecified atom stereocenters. The van der Waals surface area contributed by atoms with Crippen LogP contribution in [0.4, 0.5) is 5.82 Å². The smallest absolute Gasteiger partial charge is 0.146 e. The maximum atomic E-state index is 4.57. The van der Waals surface area contributed by atoms with Crippen LogP contribution in [0.15, 0.2) is 55.0 Å². The SMILES string of the molecule is C[C@H]1C=C[C@H](n2ccc3c(N[C@H]4CCc5ccccc54)ncnc32)C1. The van der Waals surface area contributed by atoms with Crippen LogP contribution in [0.5, 0.6) is 0 Å². The normalized spacial score (nSPS) is 24.8. The number of aromatic nitrogens is 3. The molecular formula is C21H22N4. The molecule has 2 aliphatic carbocycles. The number of fused-ring (bicyclic) bond motifs is 2. The number of hydrogen-bond acceptors (Lipinski definition) is 3. The van der Waals surface area contributed by atoms with Gasteiger partial charge >= 0.3 is 0 Å². The Morgan fingerprint density at radius 2 is 2.04 bits per heavy atom. The maximum absolute atomic E-state index is 4.57. The largest absolute Gasteiger partial charge is 0.363 e. The lowest BCUT2D eigenvalue weighted by molar-refractivity contribution is 0.539. The number of allylic oxidation sites excluding steroid dienone is 2. The van der Waals surface area contributed by atoms with Gasteiger partial charge in [0.05, 0.1) is 17.5 Å². The molecule has 3 aromatic rings. The van der Waals surface area contributed by atoms with Gasteiger partial charge in [-0.1, -0.05) is 43.3 Å². The summed E-state index contributed by atoms with van der Waals surface area (Å²) in [5.74, 6) is 1.58. The van der Waals surface area contributed by atoms with Crippen molar-refractivity contribution >= 4 is 16.9 Å². The predicted molar refractivity (Wildman–Crippen MR) is 101 cm³/mol. The summed E-state index contributed by atoms with van der Waals surface area (Å²) in [6.07, 6.45) is 11.8. The summed E-state index contributed by atoms with van der Waals surface area (Å²) in [5, 5.41) is 4.78. The first kappa shape index (κ1) is 14.7. The molecule has 1 N–H and O–H groups in total. The van der Waals surface area contributed by atoms with E-state index in [1.54, 1.807) is 6.33 Å². The van der Waals surface area contributed by atoms with Gasteiger partial charge in [-0.15, -0.1) is 0 Å². The van der Waals surface area contributed by atoms with Crippen LogP contribution in [0.3, 0.4) is 0 Å². The van der Waals surface area contributed by atoms with Gasteiger partial charge in [-0.3, -0.25) is 0 Å². The number of nitrogens with one attached hydrogen (secondary N) is 1. The predicted octanol–water partition coefficient (Wildman–Crippen LogP) is 4.67. The number of rotatable bonds is 3. The Balaban J connectivity index is 1.49. The third-order valence-corrected chi connectivity index (χ3v) is 5.59. The van der Waals surface area contributed by atoms with Crippen molar-refractivity contribution in [2.24, 2.45) is 5.92 Å². The Bertz CT molecular complexity index is 955. The standard InChI is InChI=1S/C21H22N4/c1-14-6-8-16(12-14)25-11-10-18-20(22-13-23-21(18)25)24-19-9-7-15-4-2-3-5-17(15)19/h2-6,8,10-11,13-14,16,19H,7,9,12H2,1H3,(H,22,23,24)/t14-,16-,19-/m0/s1. The third kappa shape index (κ3) is 2.44. The van der Waals surface area contributed by atoms with Crippen molar-refractivity contribution in [3.63, 3.8) is 0 Å². The molecule has 0 bridgehead atoms. The highest BCUT2D eigenvalue weighted by molar-refractivity contribution is 5.87. The van der Waals surface area contributed by atoms with Crippen LogP contribution in [0.25, 0.3) is 11.0 Å². The van der Waals surface area contributed by atoms with Crippen molar-refractivity contribution in [2.45, 2.75) is 38.3 Å². The molecule has 1 aromatic carbocycles. The van der Waals surface area contributed by atoms with E-state index in [1.807, 2.05) is 0 Å². The van der Waals surface area contributed by atoms with Gasteiger partial charge in [0.15, 0.2) is 0 Å². The van der Waals surface area contributed by atoms with E-state index in [4.69, 9.17) is 0 Å². The molecule has 0 saturated heterocycles. The summed E-state index contributed by atoms with van der Waals surface area (Å²) >= 11 is 0. The molecule has 25 heavy (non-hydrogen) atoms. The second-order valence-electron chi connectivity index (χ2n) is 7.28. The minimum Gasteiger partial charge on any atom is -0.363 e. The molecule has 2 aliphatic rings. The van der Waals surface area contributed by atoms with Gasteiger partial charge in [-0.25, -0.2) is 9.97 Å². The van der Waals surface area contributed by atoms with Crippen molar-refractivity contribution in [3.8, 4) is 0 Å². The van der Waals surface area contributed by atoms with Crippen LogP contribution in [-0.2, 0) is 6.42 Å². The molecule has 0 spiro atoms. The lowest BCUT2D eigenvalue weighted by atomic mass is 10.1. The first-order valence-electron chi connectivity index (χ1n) is 9.14. The highest BCUT2D eigenvalue weighted by atomic mass is 15.1. The Morgan fingerprint density at radius 1 is 1.12 bits per heavy atom. The zero-order chi connectivity index (χ0) is 16.8. The van der Waals surface area contributed by atoms with Crippen molar-refractivity contribution in [1.82, 2.24) is 14.5 Å². The summed E-state index contributed by atoms with van der Waals surface area (Å²) in [6.45, 7) is 2.27. The van der Waals surface area contributed by atoms with Crippen LogP contribution in [-0.4, -0.2) is 14.5 Å². The average molecular weight is 330 g/mol. The van der Waals surface area contributed by atoms with Crippen LogP contribution in [0.1, 0.15) is 43.0 Å². The van der Waals surface area contributed by atoms with E-state index in [-0.39, 0.29) is 0 Å². The van der Waals surface area contributed by atoms with E-state index in [9.17, 15) is 0 Å². The quantitative estimate of drug-likeness (QED) is 0.710. The molecule has 0 aliphatic heterocycles. The summed E-state index contributed by atoms with van der Waals surface area (Å²) in [7, 11) is 0. The molecule has 2 heterocycles. The highest BCUT2D eigenvalue weighted by Crippen LogP contribution is 2.36. The Morgan fingerprint density at radius 3 is 2.92 bits per heavy atom. The molecule has 3 atom stereocenters. The Kier molecular flexibility index (Phi) is 3.37. The van der Waals surface area contributed by atoms with Crippen LogP contribution < -0.4 is 5.32 Å². The van der Waals surface area contributed by atoms with Gasteiger partial charge in [-0.05, 0) is 42.4 Å². The summed E-state index contributed by atoms with van der Waals surface area (Å²) in [6, 6.07) is 11.6. The fourth-order valence-corrected chi connectivity index (χ4v) is 4.29. The lowest BCUT2D eigenvalue weighted by Crippen LogP contribution is -2.09. The third-order valence-electron chi connectivity index (χ3n) is 5.59. The molecule has 5 rings (SSSR count). The van der Waals surface area contributed by atoms with E-state index in [2.05, 4.69) is 75.5 Å². The molecular weight excluding hydrogens is 308 g/mol. The van der Waals surface area contributed by atoms with Crippen molar-refractivity contribution in [1.29, 1.82) is 0 Å². The molecule has 0 amide bonds. The minimum absolute atomic E-state index is 0.337. The van der Waals surface area contributed by atoms with Gasteiger partial charge in [-0.2, -0.15) is 0 Å². The molecule has 0 saturated carbocycles. The number of aryl methyl sites for hydroxylation is 1. The maximum Gasteiger partial charge on any atom is 0.146 e. The number of nitrogens with zero attached hydrogens (tertiary/aromatic N) is 3. The van der Waals surface area contributed by atoms with E-state index in [0.29, 0.717) is 18.0 Å². The number of benzene rings is 1. The van der Waals surface area contributed by atoms with Gasteiger partial charge < -0.3 is 9.88 Å². The van der Waals surface area contributed by atoms with Gasteiger partial charge in [0.2, 0.25) is 0 Å². The topological polar surface area (TPSA) is 42.7 Å². The first-order valence-corrected chi connectivity index (χ1v) is 9.14. The Hall–Kier alpha value is -2.62. The fraction of sp³-hybridized carbons (Fsp3) is 0.333. The van der Waals surface area contributed by atoms with Crippen molar-refractivity contribution in [2.75, 3.05) is 5.32 Å². The van der Waals surface area contributed by atoms with E-state index < -0.39 is 0 Å². The van der Waals surface area contributed by atoms with Crippen molar-refractivity contribution in [3.05, 3.63) is 66.1 Å². The number of anilines is 1. The molecule has 0 fully saturated rings. The average Bonchev–Trinajstić information content (AvgIpc) is 3.34. The van der Waals surface area contributed by atoms with Crippen LogP contribution >= 0.6 is 0 Å². The zero-order valence-electron chi connectivity index (χ0n) is 14.4. The summed E-state index contributed by atoms with van der Waals surface area (Å²) < 4.78 is 2.28. The second-order valence-corrected chi connectivity index (χ2v) is 7.28.